The Morgan fingerprint density at radius 3 is 2.69 bits per heavy atom. The van der Waals surface area contributed by atoms with Crippen molar-refractivity contribution in [3.8, 4) is 23.1 Å². The molecule has 4 aromatic rings. The van der Waals surface area contributed by atoms with Crippen LogP contribution in [0.3, 0.4) is 0 Å². The molecule has 8 nitrogen and oxygen atoms in total. The number of imidazole rings is 1. The van der Waals surface area contributed by atoms with Crippen molar-refractivity contribution in [1.82, 2.24) is 24.3 Å². The van der Waals surface area contributed by atoms with Gasteiger partial charge in [-0.2, -0.15) is 10.4 Å². The molecule has 0 bridgehead atoms. The van der Waals surface area contributed by atoms with Gasteiger partial charge in [-0.1, -0.05) is 23.8 Å². The minimum atomic E-state index is -0.778. The molecule has 1 fully saturated rings. The summed E-state index contributed by atoms with van der Waals surface area (Å²) in [5.74, 6) is 0.688. The van der Waals surface area contributed by atoms with Crippen LogP contribution in [-0.2, 0) is 10.3 Å². The molecule has 4 heterocycles. The molecular weight excluding hydrogens is 402 g/mol. The molecule has 0 N–H and O–H groups in total. The molecule has 32 heavy (non-hydrogen) atoms. The maximum absolute atomic E-state index is 9.71. The second-order valence-corrected chi connectivity index (χ2v) is 8.57. The summed E-state index contributed by atoms with van der Waals surface area (Å²) in [7, 11) is 0. The predicted molar refractivity (Wildman–Crippen MR) is 123 cm³/mol. The van der Waals surface area contributed by atoms with E-state index in [1.807, 2.05) is 42.8 Å². The molecule has 1 aliphatic rings. The molecule has 1 aromatic carbocycles. The van der Waals surface area contributed by atoms with Crippen LogP contribution in [0.2, 0.25) is 0 Å². The molecule has 0 radical (unpaired) electrons. The van der Waals surface area contributed by atoms with Gasteiger partial charge < -0.3 is 9.64 Å². The van der Waals surface area contributed by atoms with Crippen LogP contribution < -0.4 is 4.90 Å². The summed E-state index contributed by atoms with van der Waals surface area (Å²) in [5, 5.41) is 14.5. The third-order valence-electron chi connectivity index (χ3n) is 5.84. The summed E-state index contributed by atoms with van der Waals surface area (Å²) in [6.07, 6.45) is 3.63. The van der Waals surface area contributed by atoms with Crippen LogP contribution in [0.1, 0.15) is 19.4 Å². The van der Waals surface area contributed by atoms with E-state index >= 15 is 0 Å². The molecule has 1 saturated heterocycles. The predicted octanol–water partition coefficient (Wildman–Crippen LogP) is 3.69. The van der Waals surface area contributed by atoms with Gasteiger partial charge in [0.1, 0.15) is 11.1 Å². The van der Waals surface area contributed by atoms with E-state index in [2.05, 4.69) is 41.1 Å². The quantitative estimate of drug-likeness (QED) is 0.494. The molecule has 3 aromatic heterocycles. The van der Waals surface area contributed by atoms with Crippen LogP contribution in [0.5, 0.6) is 0 Å². The molecule has 162 valence electrons. The highest BCUT2D eigenvalue weighted by molar-refractivity contribution is 5.88. The zero-order chi connectivity index (χ0) is 22.3. The van der Waals surface area contributed by atoms with Crippen molar-refractivity contribution in [2.45, 2.75) is 26.3 Å². The van der Waals surface area contributed by atoms with Crippen LogP contribution in [0.4, 0.5) is 5.69 Å². The van der Waals surface area contributed by atoms with Crippen molar-refractivity contribution >= 4 is 16.9 Å². The smallest absolute Gasteiger partial charge is 0.165 e. The number of fused-ring (bicyclic) bond motifs is 1. The minimum Gasteiger partial charge on any atom is -0.378 e. The fourth-order valence-corrected chi connectivity index (χ4v) is 4.00. The standard InChI is InChI=1S/C24H25N7O/c1-17-5-4-6-18(13-17)19-7-8-31(28-19)21-14-20(29-9-11-32-12-10-29)22-23(27-21)30(16-26-22)24(2,3)15-25/h4-8,13-14,16H,9-12H2,1-3H3. The van der Waals surface area contributed by atoms with E-state index in [0.717, 1.165) is 35.6 Å². The highest BCUT2D eigenvalue weighted by Crippen LogP contribution is 2.31. The van der Waals surface area contributed by atoms with E-state index in [-0.39, 0.29) is 0 Å². The molecule has 0 saturated carbocycles. The first-order chi connectivity index (χ1) is 15.5. The lowest BCUT2D eigenvalue weighted by Crippen LogP contribution is -2.36. The van der Waals surface area contributed by atoms with Gasteiger partial charge >= 0.3 is 0 Å². The molecule has 0 atom stereocenters. The van der Waals surface area contributed by atoms with Crippen molar-refractivity contribution < 1.29 is 4.74 Å². The molecule has 0 aliphatic carbocycles. The fourth-order valence-electron chi connectivity index (χ4n) is 4.00. The Balaban J connectivity index is 1.66. The summed E-state index contributed by atoms with van der Waals surface area (Å²) >= 11 is 0. The van der Waals surface area contributed by atoms with Gasteiger partial charge in [0.2, 0.25) is 0 Å². The number of aryl methyl sites for hydroxylation is 1. The number of hydrogen-bond acceptors (Lipinski definition) is 6. The van der Waals surface area contributed by atoms with Crippen LogP contribution >= 0.6 is 0 Å². The number of aromatic nitrogens is 5. The topological polar surface area (TPSA) is 84.8 Å². The van der Waals surface area contributed by atoms with Gasteiger partial charge in [0.15, 0.2) is 11.5 Å². The second kappa shape index (κ2) is 7.77. The molecular formula is C24H25N7O. The fraction of sp³-hybridized carbons (Fsp3) is 0.333. The average molecular weight is 428 g/mol. The summed E-state index contributed by atoms with van der Waals surface area (Å²) in [5.41, 5.74) is 4.79. The maximum Gasteiger partial charge on any atom is 0.165 e. The number of hydrogen-bond donors (Lipinski definition) is 0. The normalized spacial score (nSPS) is 14.6. The number of nitrogens with zero attached hydrogens (tertiary/aromatic N) is 7. The highest BCUT2D eigenvalue weighted by Gasteiger charge is 2.26. The van der Waals surface area contributed by atoms with Gasteiger partial charge in [0.05, 0.1) is 37.0 Å². The Kier molecular flexibility index (Phi) is 4.91. The number of anilines is 1. The van der Waals surface area contributed by atoms with Gasteiger partial charge in [-0.3, -0.25) is 4.57 Å². The summed E-state index contributed by atoms with van der Waals surface area (Å²) in [6.45, 7) is 8.69. The van der Waals surface area contributed by atoms with E-state index in [1.54, 1.807) is 11.0 Å². The first-order valence-electron chi connectivity index (χ1n) is 10.7. The average Bonchev–Trinajstić information content (AvgIpc) is 3.47. The van der Waals surface area contributed by atoms with Gasteiger partial charge in [-0.25, -0.2) is 14.6 Å². The largest absolute Gasteiger partial charge is 0.378 e. The van der Waals surface area contributed by atoms with Crippen LogP contribution in [0, 0.1) is 18.3 Å². The lowest BCUT2D eigenvalue weighted by molar-refractivity contribution is 0.123. The number of morpholine rings is 1. The molecule has 0 unspecified atom stereocenters. The Morgan fingerprint density at radius 1 is 1.12 bits per heavy atom. The van der Waals surface area contributed by atoms with E-state index < -0.39 is 5.54 Å². The number of pyridine rings is 1. The SMILES string of the molecule is Cc1cccc(-c2ccn(-c3cc(N4CCOCC4)c4ncn(C(C)(C)C#N)c4n3)n2)c1. The van der Waals surface area contributed by atoms with E-state index in [9.17, 15) is 5.26 Å². The van der Waals surface area contributed by atoms with Crippen molar-refractivity contribution in [3.05, 3.63) is 54.5 Å². The summed E-state index contributed by atoms with van der Waals surface area (Å²) < 4.78 is 9.17. The van der Waals surface area contributed by atoms with Crippen LogP contribution in [-0.4, -0.2) is 50.6 Å². The number of rotatable bonds is 4. The molecule has 0 spiro atoms. The first kappa shape index (κ1) is 20.2. The zero-order valence-electron chi connectivity index (χ0n) is 18.5. The van der Waals surface area contributed by atoms with Gasteiger partial charge in [0, 0.05) is 30.9 Å². The Bertz CT molecular complexity index is 1320. The Labute approximate surface area is 186 Å². The Morgan fingerprint density at radius 2 is 1.94 bits per heavy atom. The molecule has 0 amide bonds. The van der Waals surface area contributed by atoms with E-state index in [0.29, 0.717) is 24.7 Å². The van der Waals surface area contributed by atoms with Crippen molar-refractivity contribution in [3.63, 3.8) is 0 Å². The Hall–Kier alpha value is -3.70. The maximum atomic E-state index is 9.71. The van der Waals surface area contributed by atoms with Crippen molar-refractivity contribution in [1.29, 1.82) is 5.26 Å². The van der Waals surface area contributed by atoms with Crippen LogP contribution in [0.25, 0.3) is 28.2 Å². The third kappa shape index (κ3) is 3.51. The lowest BCUT2D eigenvalue weighted by Gasteiger charge is -2.29. The monoisotopic (exact) mass is 427 g/mol. The molecule has 1 aliphatic heterocycles. The first-order valence-corrected chi connectivity index (χ1v) is 10.7. The molecule has 8 heteroatoms. The van der Waals surface area contributed by atoms with Gasteiger partial charge in [0.25, 0.3) is 0 Å². The van der Waals surface area contributed by atoms with E-state index in [4.69, 9.17) is 14.8 Å². The summed E-state index contributed by atoms with van der Waals surface area (Å²) in [4.78, 5) is 11.8. The minimum absolute atomic E-state index is 0.669. The number of nitriles is 1. The molecule has 5 rings (SSSR count). The second-order valence-electron chi connectivity index (χ2n) is 8.57. The lowest BCUT2D eigenvalue weighted by atomic mass is 10.1. The summed E-state index contributed by atoms with van der Waals surface area (Å²) in [6, 6.07) is 14.6. The van der Waals surface area contributed by atoms with Gasteiger partial charge in [-0.05, 0) is 32.9 Å². The van der Waals surface area contributed by atoms with E-state index in [1.165, 1.54) is 5.56 Å². The highest BCUT2D eigenvalue weighted by atomic mass is 16.5. The van der Waals surface area contributed by atoms with Crippen LogP contribution in [0.15, 0.2) is 48.9 Å². The zero-order valence-corrected chi connectivity index (χ0v) is 18.5. The number of benzene rings is 1. The number of ether oxygens (including phenoxy) is 1. The third-order valence-corrected chi connectivity index (χ3v) is 5.84. The van der Waals surface area contributed by atoms with Gasteiger partial charge in [-0.15, -0.1) is 0 Å². The van der Waals surface area contributed by atoms with Crippen molar-refractivity contribution in [2.75, 3.05) is 31.2 Å². The van der Waals surface area contributed by atoms with Crippen molar-refractivity contribution in [2.24, 2.45) is 0 Å².